The van der Waals surface area contributed by atoms with Crippen LogP contribution in [0.5, 0.6) is 5.75 Å². The standard InChI is InChI=1S/C19H18O2/c1-12(2)19(20)21-16-7-9-18-15(11-16)6-5-14-10-13(3)4-8-17(14)18/h4,7-11H,1,5-6H2,2-3H3. The van der Waals surface area contributed by atoms with Crippen LogP contribution in [0, 0.1) is 6.92 Å². The zero-order valence-corrected chi connectivity index (χ0v) is 12.4. The van der Waals surface area contributed by atoms with Gasteiger partial charge in [0.2, 0.25) is 0 Å². The molecule has 3 rings (SSSR count). The van der Waals surface area contributed by atoms with Crippen molar-refractivity contribution in [1.29, 1.82) is 0 Å². The van der Waals surface area contributed by atoms with Gasteiger partial charge in [-0.2, -0.15) is 0 Å². The summed E-state index contributed by atoms with van der Waals surface area (Å²) >= 11 is 0. The largest absolute Gasteiger partial charge is 0.423 e. The van der Waals surface area contributed by atoms with Crippen LogP contribution in [0.1, 0.15) is 23.6 Å². The highest BCUT2D eigenvalue weighted by Crippen LogP contribution is 2.35. The van der Waals surface area contributed by atoms with Gasteiger partial charge < -0.3 is 4.74 Å². The van der Waals surface area contributed by atoms with Crippen LogP contribution in [0.15, 0.2) is 48.6 Å². The highest BCUT2D eigenvalue weighted by molar-refractivity contribution is 5.89. The first-order valence-corrected chi connectivity index (χ1v) is 7.15. The molecule has 2 heteroatoms. The number of benzene rings is 2. The molecule has 1 aliphatic rings. The molecule has 1 aliphatic carbocycles. The van der Waals surface area contributed by atoms with Crippen LogP contribution in [-0.4, -0.2) is 5.97 Å². The van der Waals surface area contributed by atoms with E-state index in [4.69, 9.17) is 4.74 Å². The average molecular weight is 278 g/mol. The van der Waals surface area contributed by atoms with Gasteiger partial charge in [-0.05, 0) is 61.1 Å². The van der Waals surface area contributed by atoms with Gasteiger partial charge in [0.15, 0.2) is 0 Å². The van der Waals surface area contributed by atoms with Gasteiger partial charge in [0.05, 0.1) is 0 Å². The highest BCUT2D eigenvalue weighted by Gasteiger charge is 2.17. The van der Waals surface area contributed by atoms with Crippen molar-refractivity contribution >= 4 is 5.97 Å². The van der Waals surface area contributed by atoms with Crippen LogP contribution in [-0.2, 0) is 17.6 Å². The molecule has 2 aromatic carbocycles. The maximum Gasteiger partial charge on any atom is 0.338 e. The topological polar surface area (TPSA) is 26.3 Å². The Labute approximate surface area is 125 Å². The number of hydrogen-bond donors (Lipinski definition) is 0. The first-order valence-electron chi connectivity index (χ1n) is 7.15. The van der Waals surface area contributed by atoms with Gasteiger partial charge in [-0.1, -0.05) is 36.4 Å². The third-order valence-electron chi connectivity index (χ3n) is 3.85. The smallest absolute Gasteiger partial charge is 0.338 e. The normalized spacial score (nSPS) is 12.3. The minimum atomic E-state index is -0.373. The van der Waals surface area contributed by atoms with E-state index in [1.165, 1.54) is 27.8 Å². The number of aryl methyl sites for hydroxylation is 3. The number of fused-ring (bicyclic) bond motifs is 3. The van der Waals surface area contributed by atoms with Crippen LogP contribution < -0.4 is 4.74 Å². The van der Waals surface area contributed by atoms with Crippen molar-refractivity contribution in [3.8, 4) is 16.9 Å². The minimum absolute atomic E-state index is 0.373. The van der Waals surface area contributed by atoms with Crippen LogP contribution in [0.2, 0.25) is 0 Å². The monoisotopic (exact) mass is 278 g/mol. The summed E-state index contributed by atoms with van der Waals surface area (Å²) in [6, 6.07) is 12.5. The molecule has 0 aromatic heterocycles. The van der Waals surface area contributed by atoms with Crippen molar-refractivity contribution in [2.75, 3.05) is 0 Å². The van der Waals surface area contributed by atoms with Crippen molar-refractivity contribution < 1.29 is 9.53 Å². The Morgan fingerprint density at radius 2 is 1.67 bits per heavy atom. The SMILES string of the molecule is C=C(C)C(=O)Oc1ccc2c(c1)CCc1cc(C)ccc1-2. The Bertz CT molecular complexity index is 741. The van der Waals surface area contributed by atoms with Gasteiger partial charge in [-0.3, -0.25) is 0 Å². The summed E-state index contributed by atoms with van der Waals surface area (Å²) < 4.78 is 5.31. The summed E-state index contributed by atoms with van der Waals surface area (Å²) in [5.41, 5.74) is 6.87. The molecule has 0 bridgehead atoms. The summed E-state index contributed by atoms with van der Waals surface area (Å²) in [7, 11) is 0. The summed E-state index contributed by atoms with van der Waals surface area (Å²) in [5.74, 6) is 0.221. The Morgan fingerprint density at radius 1 is 1.05 bits per heavy atom. The zero-order chi connectivity index (χ0) is 15.0. The second-order valence-corrected chi connectivity index (χ2v) is 5.65. The molecule has 106 valence electrons. The lowest BCUT2D eigenvalue weighted by Gasteiger charge is -2.21. The van der Waals surface area contributed by atoms with E-state index >= 15 is 0 Å². The number of esters is 1. The molecule has 0 spiro atoms. The second kappa shape index (κ2) is 5.21. The number of hydrogen-bond acceptors (Lipinski definition) is 2. The average Bonchev–Trinajstić information content (AvgIpc) is 2.46. The number of carbonyl (C=O) groups excluding carboxylic acids is 1. The first-order chi connectivity index (χ1) is 10.0. The van der Waals surface area contributed by atoms with Gasteiger partial charge in [0.25, 0.3) is 0 Å². The van der Waals surface area contributed by atoms with E-state index in [9.17, 15) is 4.79 Å². The fraction of sp³-hybridized carbons (Fsp3) is 0.211. The van der Waals surface area contributed by atoms with Gasteiger partial charge in [0.1, 0.15) is 5.75 Å². The van der Waals surface area contributed by atoms with Crippen molar-refractivity contribution in [1.82, 2.24) is 0 Å². The van der Waals surface area contributed by atoms with E-state index in [0.29, 0.717) is 11.3 Å². The molecule has 21 heavy (non-hydrogen) atoms. The molecule has 0 saturated carbocycles. The van der Waals surface area contributed by atoms with Crippen molar-refractivity contribution in [3.05, 3.63) is 65.2 Å². The summed E-state index contributed by atoms with van der Waals surface area (Å²) in [6.45, 7) is 7.38. The molecule has 0 atom stereocenters. The third kappa shape index (κ3) is 2.62. The Balaban J connectivity index is 1.96. The number of carbonyl (C=O) groups is 1. The van der Waals surface area contributed by atoms with E-state index in [1.807, 2.05) is 18.2 Å². The van der Waals surface area contributed by atoms with E-state index in [1.54, 1.807) is 6.92 Å². The molecule has 0 fully saturated rings. The van der Waals surface area contributed by atoms with Crippen LogP contribution >= 0.6 is 0 Å². The predicted molar refractivity (Wildman–Crippen MR) is 84.5 cm³/mol. The Morgan fingerprint density at radius 3 is 2.33 bits per heavy atom. The quantitative estimate of drug-likeness (QED) is 0.466. The van der Waals surface area contributed by atoms with Gasteiger partial charge >= 0.3 is 5.97 Å². The third-order valence-corrected chi connectivity index (χ3v) is 3.85. The molecular formula is C19H18O2. The summed E-state index contributed by atoms with van der Waals surface area (Å²) in [4.78, 5) is 11.6. The van der Waals surface area contributed by atoms with E-state index < -0.39 is 0 Å². The molecule has 0 amide bonds. The second-order valence-electron chi connectivity index (χ2n) is 5.65. The first kappa shape index (κ1) is 13.6. The lowest BCUT2D eigenvalue weighted by atomic mass is 9.85. The van der Waals surface area contributed by atoms with Crippen molar-refractivity contribution in [2.45, 2.75) is 26.7 Å². The molecule has 2 nitrogen and oxygen atoms in total. The van der Waals surface area contributed by atoms with Crippen LogP contribution in [0.25, 0.3) is 11.1 Å². The number of ether oxygens (including phenoxy) is 1. The highest BCUT2D eigenvalue weighted by atomic mass is 16.5. The fourth-order valence-electron chi connectivity index (χ4n) is 2.76. The summed E-state index contributed by atoms with van der Waals surface area (Å²) in [6.07, 6.45) is 2.01. The molecule has 0 unspecified atom stereocenters. The molecule has 2 aromatic rings. The Kier molecular flexibility index (Phi) is 3.38. The molecule has 0 saturated heterocycles. The summed E-state index contributed by atoms with van der Waals surface area (Å²) in [5, 5.41) is 0. The lowest BCUT2D eigenvalue weighted by Crippen LogP contribution is -2.09. The maximum atomic E-state index is 11.6. The van der Waals surface area contributed by atoms with Crippen LogP contribution in [0.3, 0.4) is 0 Å². The fourth-order valence-corrected chi connectivity index (χ4v) is 2.76. The zero-order valence-electron chi connectivity index (χ0n) is 12.4. The predicted octanol–water partition coefficient (Wildman–Crippen LogP) is 4.24. The van der Waals surface area contributed by atoms with Crippen LogP contribution in [0.4, 0.5) is 0 Å². The van der Waals surface area contributed by atoms with Gasteiger partial charge in [-0.25, -0.2) is 4.79 Å². The lowest BCUT2D eigenvalue weighted by molar-refractivity contribution is -0.130. The molecular weight excluding hydrogens is 260 g/mol. The van der Waals surface area contributed by atoms with E-state index in [-0.39, 0.29) is 5.97 Å². The number of rotatable bonds is 2. The molecule has 0 N–H and O–H groups in total. The Hall–Kier alpha value is -2.35. The molecule has 0 radical (unpaired) electrons. The minimum Gasteiger partial charge on any atom is -0.423 e. The maximum absolute atomic E-state index is 11.6. The molecule has 0 heterocycles. The van der Waals surface area contributed by atoms with Gasteiger partial charge in [0, 0.05) is 5.57 Å². The van der Waals surface area contributed by atoms with Crippen molar-refractivity contribution in [3.63, 3.8) is 0 Å². The van der Waals surface area contributed by atoms with E-state index in [2.05, 4.69) is 31.7 Å². The van der Waals surface area contributed by atoms with Crippen molar-refractivity contribution in [2.24, 2.45) is 0 Å². The molecule has 0 aliphatic heterocycles. The van der Waals surface area contributed by atoms with E-state index in [0.717, 1.165) is 12.8 Å². The van der Waals surface area contributed by atoms with Gasteiger partial charge in [-0.15, -0.1) is 0 Å².